The summed E-state index contributed by atoms with van der Waals surface area (Å²) in [6.07, 6.45) is 1.25. The van der Waals surface area contributed by atoms with Gasteiger partial charge in [0.15, 0.2) is 11.4 Å². The van der Waals surface area contributed by atoms with Crippen LogP contribution in [-0.2, 0) is 10.3 Å². The molecule has 1 aliphatic carbocycles. The number of amides is 1. The Balaban J connectivity index is 2.10. The first-order valence-electron chi connectivity index (χ1n) is 6.69. The van der Waals surface area contributed by atoms with Gasteiger partial charge in [-0.05, 0) is 25.8 Å². The van der Waals surface area contributed by atoms with Crippen molar-refractivity contribution in [1.29, 1.82) is 0 Å². The van der Waals surface area contributed by atoms with Crippen LogP contribution in [0.25, 0.3) is 0 Å². The van der Waals surface area contributed by atoms with Crippen LogP contribution >= 0.6 is 11.6 Å². The monoisotopic (exact) mass is 327 g/mol. The van der Waals surface area contributed by atoms with Gasteiger partial charge in [0.2, 0.25) is 0 Å². The lowest BCUT2D eigenvalue weighted by molar-refractivity contribution is -0.0497. The quantitative estimate of drug-likeness (QED) is 0.831. The standard InChI is InChI=1S/C15H12ClF2NO3/c1-15(5-4-8-2-3-8)10-6-9(16)7-11(21-13(17)18)12(10)19-14(20)22-15/h6-8,13H,2-3H2,1H3,(H,19,20)/t15-/m0/s1. The highest BCUT2D eigenvalue weighted by Gasteiger charge is 2.39. The second kappa shape index (κ2) is 5.33. The molecule has 1 amide bonds. The normalized spacial score (nSPS) is 23.0. The van der Waals surface area contributed by atoms with Crippen molar-refractivity contribution in [3.8, 4) is 17.6 Å². The molecular formula is C15H12ClF2NO3. The molecule has 3 rings (SSSR count). The minimum absolute atomic E-state index is 0.105. The van der Waals surface area contributed by atoms with Crippen molar-refractivity contribution in [2.24, 2.45) is 5.92 Å². The molecule has 0 bridgehead atoms. The number of anilines is 1. The SMILES string of the molecule is C[C@@]1(C#CC2CC2)OC(=O)Nc2c(OC(F)F)cc(Cl)cc21. The number of nitrogens with one attached hydrogen (secondary N) is 1. The number of ether oxygens (including phenoxy) is 2. The number of carbonyl (C=O) groups excluding carboxylic acids is 1. The van der Waals surface area contributed by atoms with Crippen LogP contribution in [0.4, 0.5) is 19.3 Å². The number of hydrogen-bond acceptors (Lipinski definition) is 3. The van der Waals surface area contributed by atoms with Crippen LogP contribution in [0.1, 0.15) is 25.3 Å². The van der Waals surface area contributed by atoms with E-state index in [0.717, 1.165) is 12.8 Å². The number of alkyl halides is 2. The lowest BCUT2D eigenvalue weighted by Crippen LogP contribution is -2.36. The van der Waals surface area contributed by atoms with Crippen LogP contribution in [0, 0.1) is 17.8 Å². The highest BCUT2D eigenvalue weighted by atomic mass is 35.5. The van der Waals surface area contributed by atoms with Crippen LogP contribution in [0.3, 0.4) is 0 Å². The van der Waals surface area contributed by atoms with Crippen molar-refractivity contribution in [2.75, 3.05) is 5.32 Å². The highest BCUT2D eigenvalue weighted by Crippen LogP contribution is 2.43. The molecule has 1 aromatic carbocycles. The molecular weight excluding hydrogens is 316 g/mol. The molecule has 0 unspecified atom stereocenters. The third-order valence-corrected chi connectivity index (χ3v) is 3.63. The second-order valence-electron chi connectivity index (χ2n) is 5.30. The molecule has 1 N–H and O–H groups in total. The van der Waals surface area contributed by atoms with E-state index in [1.165, 1.54) is 12.1 Å². The predicted octanol–water partition coefficient (Wildman–Crippen LogP) is 4.13. The fourth-order valence-electron chi connectivity index (χ4n) is 2.20. The van der Waals surface area contributed by atoms with E-state index in [4.69, 9.17) is 16.3 Å². The molecule has 2 aliphatic rings. The number of cyclic esters (lactones) is 1. The summed E-state index contributed by atoms with van der Waals surface area (Å²) < 4.78 is 34.8. The smallest absolute Gasteiger partial charge is 0.413 e. The first kappa shape index (κ1) is 14.9. The van der Waals surface area contributed by atoms with E-state index in [1.807, 2.05) is 0 Å². The summed E-state index contributed by atoms with van der Waals surface area (Å²) in [6, 6.07) is 2.74. The van der Waals surface area contributed by atoms with E-state index in [0.29, 0.717) is 11.5 Å². The number of benzene rings is 1. The molecule has 1 aliphatic heterocycles. The highest BCUT2D eigenvalue weighted by molar-refractivity contribution is 6.31. The van der Waals surface area contributed by atoms with Crippen LogP contribution in [0.5, 0.6) is 5.75 Å². The molecule has 1 fully saturated rings. The lowest BCUT2D eigenvalue weighted by Gasteiger charge is -2.32. The molecule has 0 spiro atoms. The topological polar surface area (TPSA) is 47.6 Å². The van der Waals surface area contributed by atoms with Gasteiger partial charge >= 0.3 is 12.7 Å². The number of rotatable bonds is 2. The summed E-state index contributed by atoms with van der Waals surface area (Å²) in [5.74, 6) is 6.02. The Bertz CT molecular complexity index is 694. The molecule has 116 valence electrons. The van der Waals surface area contributed by atoms with Gasteiger partial charge < -0.3 is 9.47 Å². The van der Waals surface area contributed by atoms with E-state index in [9.17, 15) is 13.6 Å². The van der Waals surface area contributed by atoms with E-state index in [1.54, 1.807) is 6.92 Å². The molecule has 4 nitrogen and oxygen atoms in total. The summed E-state index contributed by atoms with van der Waals surface area (Å²) in [5, 5.41) is 2.56. The summed E-state index contributed by atoms with van der Waals surface area (Å²) in [6.45, 7) is -1.44. The van der Waals surface area contributed by atoms with Crippen molar-refractivity contribution >= 4 is 23.4 Å². The Kier molecular flexibility index (Phi) is 3.61. The number of hydrogen-bond donors (Lipinski definition) is 1. The Morgan fingerprint density at radius 3 is 2.86 bits per heavy atom. The maximum absolute atomic E-state index is 12.5. The molecule has 1 aromatic rings. The van der Waals surface area contributed by atoms with Gasteiger partial charge in [0.1, 0.15) is 0 Å². The molecule has 22 heavy (non-hydrogen) atoms. The third-order valence-electron chi connectivity index (χ3n) is 3.41. The first-order valence-corrected chi connectivity index (χ1v) is 7.07. The Hall–Kier alpha value is -2.00. The molecule has 0 saturated heterocycles. The predicted molar refractivity (Wildman–Crippen MR) is 76.0 cm³/mol. The summed E-state index contributed by atoms with van der Waals surface area (Å²) in [5.41, 5.74) is -0.761. The van der Waals surface area contributed by atoms with Crippen molar-refractivity contribution in [1.82, 2.24) is 0 Å². The Labute approximate surface area is 130 Å². The van der Waals surface area contributed by atoms with Crippen molar-refractivity contribution in [2.45, 2.75) is 32.0 Å². The van der Waals surface area contributed by atoms with E-state index >= 15 is 0 Å². The van der Waals surface area contributed by atoms with E-state index < -0.39 is 18.3 Å². The minimum atomic E-state index is -3.04. The number of carbonyl (C=O) groups is 1. The zero-order chi connectivity index (χ0) is 15.9. The van der Waals surface area contributed by atoms with Gasteiger partial charge in [0.25, 0.3) is 0 Å². The molecule has 0 radical (unpaired) electrons. The summed E-state index contributed by atoms with van der Waals surface area (Å²) >= 11 is 5.96. The van der Waals surface area contributed by atoms with E-state index in [2.05, 4.69) is 21.9 Å². The third kappa shape index (κ3) is 2.95. The summed E-state index contributed by atoms with van der Waals surface area (Å²) in [4.78, 5) is 11.7. The van der Waals surface area contributed by atoms with Gasteiger partial charge in [0.05, 0.1) is 5.69 Å². The average Bonchev–Trinajstić information content (AvgIpc) is 3.21. The summed E-state index contributed by atoms with van der Waals surface area (Å²) in [7, 11) is 0. The Morgan fingerprint density at radius 1 is 1.50 bits per heavy atom. The minimum Gasteiger partial charge on any atom is -0.433 e. The van der Waals surface area contributed by atoms with Crippen LogP contribution in [0.15, 0.2) is 12.1 Å². The van der Waals surface area contributed by atoms with Crippen LogP contribution in [0.2, 0.25) is 5.02 Å². The molecule has 1 heterocycles. The van der Waals surface area contributed by atoms with Crippen LogP contribution < -0.4 is 10.1 Å². The first-order chi connectivity index (χ1) is 10.4. The Morgan fingerprint density at radius 2 is 2.23 bits per heavy atom. The number of fused-ring (bicyclic) bond motifs is 1. The van der Waals surface area contributed by atoms with Gasteiger partial charge in [-0.25, -0.2) is 4.79 Å². The molecule has 1 atom stereocenters. The zero-order valence-corrected chi connectivity index (χ0v) is 12.3. The van der Waals surface area contributed by atoms with Crippen molar-refractivity contribution in [3.63, 3.8) is 0 Å². The van der Waals surface area contributed by atoms with Gasteiger partial charge in [-0.2, -0.15) is 8.78 Å². The molecule has 0 aromatic heterocycles. The zero-order valence-electron chi connectivity index (χ0n) is 11.6. The van der Waals surface area contributed by atoms with Crippen LogP contribution in [-0.4, -0.2) is 12.7 Å². The van der Waals surface area contributed by atoms with Gasteiger partial charge in [-0.1, -0.05) is 23.4 Å². The lowest BCUT2D eigenvalue weighted by atomic mass is 9.92. The fraction of sp³-hybridized carbons (Fsp3) is 0.400. The van der Waals surface area contributed by atoms with Crippen molar-refractivity contribution < 1.29 is 23.0 Å². The van der Waals surface area contributed by atoms with Crippen molar-refractivity contribution in [3.05, 3.63) is 22.7 Å². The van der Waals surface area contributed by atoms with Gasteiger partial charge in [-0.3, -0.25) is 5.32 Å². The van der Waals surface area contributed by atoms with Gasteiger partial charge in [-0.15, -0.1) is 0 Å². The van der Waals surface area contributed by atoms with E-state index in [-0.39, 0.29) is 16.5 Å². The second-order valence-corrected chi connectivity index (χ2v) is 5.73. The number of halogens is 3. The maximum atomic E-state index is 12.5. The molecule has 7 heteroatoms. The largest absolute Gasteiger partial charge is 0.433 e. The molecule has 1 saturated carbocycles. The maximum Gasteiger partial charge on any atom is 0.413 e. The van der Waals surface area contributed by atoms with Gasteiger partial charge in [0, 0.05) is 22.6 Å². The average molecular weight is 328 g/mol. The fourth-order valence-corrected chi connectivity index (χ4v) is 2.41.